The zero-order valence-electron chi connectivity index (χ0n) is 17.1. The van der Waals surface area contributed by atoms with E-state index >= 15 is 0 Å². The Morgan fingerprint density at radius 2 is 1.77 bits per heavy atom. The number of halogens is 1. The molecule has 0 saturated carbocycles. The molecule has 0 amide bonds. The van der Waals surface area contributed by atoms with E-state index in [4.69, 9.17) is 0 Å². The molecular formula is C23H23FN4O2S. The number of likely N-dealkylation sites (tertiary alicyclic amines) is 1. The first-order chi connectivity index (χ1) is 14.9. The summed E-state index contributed by atoms with van der Waals surface area (Å²) in [4.78, 5) is 2.46. The zero-order chi connectivity index (χ0) is 21.6. The molecule has 31 heavy (non-hydrogen) atoms. The standard InChI is InChI=1S/C23H23FN4O2S/c1-26-11-9-19(10-12-26)27-15-17(14-25-27)22-16-28(23-13-18(24)7-8-21(22)23)31(29,30)20-5-3-2-4-6-20/h2-8,13-16,19H,9-12H2,1H3. The van der Waals surface area contributed by atoms with E-state index in [1.807, 2.05) is 10.9 Å². The number of hydrogen-bond donors (Lipinski definition) is 0. The van der Waals surface area contributed by atoms with Crippen LogP contribution in [0.4, 0.5) is 4.39 Å². The molecule has 1 fully saturated rings. The third kappa shape index (κ3) is 3.55. The van der Waals surface area contributed by atoms with Crippen molar-refractivity contribution in [2.75, 3.05) is 20.1 Å². The highest BCUT2D eigenvalue weighted by Gasteiger charge is 2.24. The van der Waals surface area contributed by atoms with Gasteiger partial charge in [-0.1, -0.05) is 18.2 Å². The van der Waals surface area contributed by atoms with Gasteiger partial charge in [-0.2, -0.15) is 5.10 Å². The average Bonchev–Trinajstić information content (AvgIpc) is 3.40. The Balaban J connectivity index is 1.61. The van der Waals surface area contributed by atoms with Gasteiger partial charge in [-0.15, -0.1) is 0 Å². The van der Waals surface area contributed by atoms with Crippen molar-refractivity contribution >= 4 is 20.9 Å². The topological polar surface area (TPSA) is 60.1 Å². The van der Waals surface area contributed by atoms with Crippen LogP contribution < -0.4 is 0 Å². The van der Waals surface area contributed by atoms with Crippen LogP contribution in [0.1, 0.15) is 18.9 Å². The highest BCUT2D eigenvalue weighted by Crippen LogP contribution is 2.34. The smallest absolute Gasteiger partial charge is 0.268 e. The summed E-state index contributed by atoms with van der Waals surface area (Å²) in [6.07, 6.45) is 7.34. The van der Waals surface area contributed by atoms with E-state index in [1.165, 1.54) is 28.2 Å². The van der Waals surface area contributed by atoms with E-state index < -0.39 is 15.8 Å². The molecule has 0 unspecified atom stereocenters. The minimum absolute atomic E-state index is 0.157. The van der Waals surface area contributed by atoms with Crippen LogP contribution in [0, 0.1) is 5.82 Å². The lowest BCUT2D eigenvalue weighted by molar-refractivity contribution is 0.212. The molecule has 160 valence electrons. The summed E-state index contributed by atoms with van der Waals surface area (Å²) in [5.41, 5.74) is 1.84. The summed E-state index contributed by atoms with van der Waals surface area (Å²) in [6, 6.07) is 12.8. The molecule has 0 bridgehead atoms. The Bertz CT molecular complexity index is 1340. The van der Waals surface area contributed by atoms with E-state index in [1.54, 1.807) is 36.7 Å². The van der Waals surface area contributed by atoms with Crippen LogP contribution >= 0.6 is 0 Å². The van der Waals surface area contributed by atoms with Crippen LogP contribution in [0.2, 0.25) is 0 Å². The number of benzene rings is 2. The van der Waals surface area contributed by atoms with Gasteiger partial charge in [0, 0.05) is 28.9 Å². The second kappa shape index (κ2) is 7.62. The van der Waals surface area contributed by atoms with E-state index in [0.717, 1.165) is 31.5 Å². The molecule has 3 heterocycles. The second-order valence-electron chi connectivity index (χ2n) is 8.06. The lowest BCUT2D eigenvalue weighted by Gasteiger charge is -2.28. The van der Waals surface area contributed by atoms with Gasteiger partial charge in [0.25, 0.3) is 10.0 Å². The Labute approximate surface area is 180 Å². The predicted molar refractivity (Wildman–Crippen MR) is 118 cm³/mol. The summed E-state index contributed by atoms with van der Waals surface area (Å²) in [6.45, 7) is 2.04. The second-order valence-corrected chi connectivity index (χ2v) is 9.88. The van der Waals surface area contributed by atoms with Gasteiger partial charge in [0.15, 0.2) is 0 Å². The summed E-state index contributed by atoms with van der Waals surface area (Å²) in [5.74, 6) is -0.483. The maximum absolute atomic E-state index is 14.1. The van der Waals surface area contributed by atoms with Gasteiger partial charge in [0.1, 0.15) is 5.82 Å². The quantitative estimate of drug-likeness (QED) is 0.480. The summed E-state index contributed by atoms with van der Waals surface area (Å²) >= 11 is 0. The summed E-state index contributed by atoms with van der Waals surface area (Å²) in [5, 5.41) is 5.23. The molecule has 0 aliphatic carbocycles. The van der Waals surface area contributed by atoms with E-state index in [9.17, 15) is 12.8 Å². The lowest BCUT2D eigenvalue weighted by atomic mass is 10.1. The van der Waals surface area contributed by atoms with Crippen LogP contribution in [0.5, 0.6) is 0 Å². The summed E-state index contributed by atoms with van der Waals surface area (Å²) < 4.78 is 43.8. The maximum Gasteiger partial charge on any atom is 0.268 e. The Kier molecular flexibility index (Phi) is 4.91. The van der Waals surface area contributed by atoms with Crippen molar-refractivity contribution in [3.8, 4) is 11.1 Å². The van der Waals surface area contributed by atoms with Crippen molar-refractivity contribution in [3.63, 3.8) is 0 Å². The molecular weight excluding hydrogens is 415 g/mol. The molecule has 4 aromatic rings. The SMILES string of the molecule is CN1CCC(n2cc(-c3cn(S(=O)(=O)c4ccccc4)c4cc(F)ccc34)cn2)CC1. The molecule has 2 aromatic carbocycles. The highest BCUT2D eigenvalue weighted by atomic mass is 32.2. The van der Waals surface area contributed by atoms with E-state index in [2.05, 4.69) is 17.0 Å². The third-order valence-corrected chi connectivity index (χ3v) is 7.70. The van der Waals surface area contributed by atoms with Crippen LogP contribution in [-0.4, -0.2) is 47.2 Å². The lowest BCUT2D eigenvalue weighted by Crippen LogP contribution is -2.31. The van der Waals surface area contributed by atoms with Crippen molar-refractivity contribution in [3.05, 3.63) is 72.9 Å². The molecule has 8 heteroatoms. The van der Waals surface area contributed by atoms with Gasteiger partial charge in [-0.3, -0.25) is 4.68 Å². The van der Waals surface area contributed by atoms with Gasteiger partial charge < -0.3 is 4.90 Å². The monoisotopic (exact) mass is 438 g/mol. The minimum atomic E-state index is -3.87. The molecule has 6 nitrogen and oxygen atoms in total. The van der Waals surface area contributed by atoms with Crippen molar-refractivity contribution in [1.82, 2.24) is 18.7 Å². The normalized spacial score (nSPS) is 16.2. The molecule has 5 rings (SSSR count). The number of nitrogens with zero attached hydrogens (tertiary/aromatic N) is 4. The van der Waals surface area contributed by atoms with E-state index in [0.29, 0.717) is 22.5 Å². The number of hydrogen-bond acceptors (Lipinski definition) is 4. The van der Waals surface area contributed by atoms with Crippen molar-refractivity contribution < 1.29 is 12.8 Å². The molecule has 1 aliphatic rings. The molecule has 2 aromatic heterocycles. The van der Waals surface area contributed by atoms with Crippen molar-refractivity contribution in [2.45, 2.75) is 23.8 Å². The Hall–Kier alpha value is -2.97. The number of piperidine rings is 1. The van der Waals surface area contributed by atoms with Crippen LogP contribution in [-0.2, 0) is 10.0 Å². The van der Waals surface area contributed by atoms with Gasteiger partial charge in [0.05, 0.1) is 22.7 Å². The third-order valence-electron chi connectivity index (χ3n) is 6.01. The van der Waals surface area contributed by atoms with Gasteiger partial charge in [0.2, 0.25) is 0 Å². The first kappa shape index (κ1) is 20.0. The Morgan fingerprint density at radius 3 is 2.52 bits per heavy atom. The van der Waals surface area contributed by atoms with Gasteiger partial charge in [-0.05, 0) is 63.3 Å². The summed E-state index contributed by atoms with van der Waals surface area (Å²) in [7, 11) is -1.76. The van der Waals surface area contributed by atoms with Crippen LogP contribution in [0.25, 0.3) is 22.0 Å². The number of rotatable bonds is 4. The molecule has 0 atom stereocenters. The van der Waals surface area contributed by atoms with Crippen LogP contribution in [0.3, 0.4) is 0 Å². The fraction of sp³-hybridized carbons (Fsp3) is 0.261. The number of aromatic nitrogens is 3. The molecule has 0 radical (unpaired) electrons. The fourth-order valence-electron chi connectivity index (χ4n) is 4.24. The first-order valence-electron chi connectivity index (χ1n) is 10.3. The van der Waals surface area contributed by atoms with Crippen molar-refractivity contribution in [2.24, 2.45) is 0 Å². The molecule has 1 saturated heterocycles. The number of fused-ring (bicyclic) bond motifs is 1. The first-order valence-corrected chi connectivity index (χ1v) is 11.7. The molecule has 0 N–H and O–H groups in total. The van der Waals surface area contributed by atoms with Crippen LogP contribution in [0.15, 0.2) is 72.0 Å². The zero-order valence-corrected chi connectivity index (χ0v) is 18.0. The Morgan fingerprint density at radius 1 is 1.03 bits per heavy atom. The van der Waals surface area contributed by atoms with Gasteiger partial charge in [-0.25, -0.2) is 16.8 Å². The highest BCUT2D eigenvalue weighted by molar-refractivity contribution is 7.90. The largest absolute Gasteiger partial charge is 0.306 e. The average molecular weight is 439 g/mol. The van der Waals surface area contributed by atoms with Gasteiger partial charge >= 0.3 is 0 Å². The molecule has 0 spiro atoms. The van der Waals surface area contributed by atoms with Crippen molar-refractivity contribution in [1.29, 1.82) is 0 Å². The predicted octanol–water partition coefficient (Wildman–Crippen LogP) is 4.15. The van der Waals surface area contributed by atoms with E-state index in [-0.39, 0.29) is 4.90 Å². The maximum atomic E-state index is 14.1. The molecule has 1 aliphatic heterocycles. The fourth-order valence-corrected chi connectivity index (χ4v) is 5.62. The minimum Gasteiger partial charge on any atom is -0.306 e.